The van der Waals surface area contributed by atoms with E-state index in [0.717, 1.165) is 0 Å². The van der Waals surface area contributed by atoms with Crippen molar-refractivity contribution in [2.45, 2.75) is 50.1 Å². The van der Waals surface area contributed by atoms with Crippen molar-refractivity contribution in [3.63, 3.8) is 0 Å². The zero-order valence-corrected chi connectivity index (χ0v) is 20.4. The largest absolute Gasteiger partial charge is 0.401 e. The molecule has 208 valence electrons. The Labute approximate surface area is 215 Å². The number of likely N-dealkylation sites (tertiary alicyclic amines) is 2. The number of rotatable bonds is 8. The molecule has 2 aliphatic heterocycles. The average Bonchev–Trinajstić information content (AvgIpc) is 2.85. The molecule has 2 aliphatic rings. The van der Waals surface area contributed by atoms with Crippen LogP contribution in [0.2, 0.25) is 0 Å². The van der Waals surface area contributed by atoms with Crippen molar-refractivity contribution in [3.05, 3.63) is 36.2 Å². The molecule has 0 saturated carbocycles. The van der Waals surface area contributed by atoms with E-state index in [4.69, 9.17) is 0 Å². The van der Waals surface area contributed by atoms with Gasteiger partial charge in [0, 0.05) is 50.4 Å². The van der Waals surface area contributed by atoms with Gasteiger partial charge in [-0.15, -0.1) is 0 Å². The SMILES string of the molecule is O=C(c1cc(NC2CCN(CC(F)(F)F)CC2)ncn1)c1cc(NC2CCN(CC(F)(F)F)CC2)ncn1. The minimum atomic E-state index is -4.23. The Kier molecular flexibility index (Phi) is 8.65. The molecule has 2 saturated heterocycles. The number of anilines is 2. The standard InChI is InChI=1S/C23H28F6N8O/c24-22(25,26)11-36-5-1-15(2-6-36)34-19-9-17(30-13-32-19)21(38)18-10-20(33-14-31-18)35-16-3-7-37(8-4-16)12-23(27,28)29/h9-10,13-16H,1-8,11-12H2,(H,30,32,34)(H,31,33,35). The van der Waals surface area contributed by atoms with Crippen LogP contribution in [0.4, 0.5) is 38.0 Å². The number of halogens is 6. The third-order valence-electron chi connectivity index (χ3n) is 6.48. The number of nitrogens with one attached hydrogen (secondary N) is 2. The number of ketones is 1. The molecular formula is C23H28F6N8O. The molecule has 2 aromatic heterocycles. The normalized spacial score (nSPS) is 18.9. The van der Waals surface area contributed by atoms with Crippen LogP contribution in [-0.4, -0.2) is 99.2 Å². The highest BCUT2D eigenvalue weighted by Crippen LogP contribution is 2.23. The highest BCUT2D eigenvalue weighted by molar-refractivity contribution is 6.06. The molecule has 0 unspecified atom stereocenters. The smallest absolute Gasteiger partial charge is 0.367 e. The fourth-order valence-corrected chi connectivity index (χ4v) is 4.65. The zero-order chi connectivity index (χ0) is 27.3. The topological polar surface area (TPSA) is 99.2 Å². The number of hydrogen-bond acceptors (Lipinski definition) is 9. The number of piperidine rings is 2. The summed E-state index contributed by atoms with van der Waals surface area (Å²) in [6.45, 7) is -0.672. The van der Waals surface area contributed by atoms with Crippen LogP contribution in [0.25, 0.3) is 0 Å². The van der Waals surface area contributed by atoms with Gasteiger partial charge in [0.1, 0.15) is 35.7 Å². The van der Waals surface area contributed by atoms with Crippen molar-refractivity contribution in [2.24, 2.45) is 0 Å². The Morgan fingerprint density at radius 2 is 1.08 bits per heavy atom. The van der Waals surface area contributed by atoms with Gasteiger partial charge in [0.25, 0.3) is 0 Å². The third-order valence-corrected chi connectivity index (χ3v) is 6.48. The first-order valence-electron chi connectivity index (χ1n) is 12.2. The van der Waals surface area contributed by atoms with Crippen molar-refractivity contribution in [1.82, 2.24) is 29.7 Å². The minimum absolute atomic E-state index is 0.0853. The lowest BCUT2D eigenvalue weighted by Crippen LogP contribution is -2.43. The monoisotopic (exact) mass is 546 g/mol. The molecule has 38 heavy (non-hydrogen) atoms. The van der Waals surface area contributed by atoms with Crippen molar-refractivity contribution in [1.29, 1.82) is 0 Å². The van der Waals surface area contributed by atoms with Crippen molar-refractivity contribution in [3.8, 4) is 0 Å². The number of carbonyl (C=O) groups excluding carboxylic acids is 1. The van der Waals surface area contributed by atoms with Crippen LogP contribution in [0.3, 0.4) is 0 Å². The highest BCUT2D eigenvalue weighted by Gasteiger charge is 2.33. The Balaban J connectivity index is 1.31. The summed E-state index contributed by atoms with van der Waals surface area (Å²) in [5.74, 6) is 0.298. The molecule has 0 radical (unpaired) electrons. The lowest BCUT2D eigenvalue weighted by molar-refractivity contribution is -0.148. The van der Waals surface area contributed by atoms with E-state index >= 15 is 0 Å². The molecule has 0 atom stereocenters. The summed E-state index contributed by atoms with van der Waals surface area (Å²) in [6.07, 6.45) is -4.01. The van der Waals surface area contributed by atoms with E-state index in [1.807, 2.05) is 0 Å². The number of aromatic nitrogens is 4. The van der Waals surface area contributed by atoms with Gasteiger partial charge in [-0.05, 0) is 25.7 Å². The molecule has 2 N–H and O–H groups in total. The molecule has 4 heterocycles. The summed E-state index contributed by atoms with van der Waals surface area (Å²) in [4.78, 5) is 32.1. The van der Waals surface area contributed by atoms with Crippen molar-refractivity contribution in [2.75, 3.05) is 49.9 Å². The Bertz CT molecular complexity index is 999. The van der Waals surface area contributed by atoms with E-state index in [9.17, 15) is 31.1 Å². The Morgan fingerprint density at radius 3 is 1.42 bits per heavy atom. The summed E-state index contributed by atoms with van der Waals surface area (Å²) in [5, 5.41) is 6.33. The van der Waals surface area contributed by atoms with E-state index < -0.39 is 31.2 Å². The molecule has 0 spiro atoms. The van der Waals surface area contributed by atoms with Crippen molar-refractivity contribution < 1.29 is 31.1 Å². The minimum Gasteiger partial charge on any atom is -0.367 e. The maximum Gasteiger partial charge on any atom is 0.401 e. The second kappa shape index (κ2) is 11.8. The summed E-state index contributed by atoms with van der Waals surface area (Å²) < 4.78 is 75.6. The van der Waals surface area contributed by atoms with Crippen LogP contribution < -0.4 is 10.6 Å². The van der Waals surface area contributed by atoms with Gasteiger partial charge in [-0.3, -0.25) is 14.6 Å². The first-order chi connectivity index (χ1) is 17.9. The van der Waals surface area contributed by atoms with Crippen LogP contribution >= 0.6 is 0 Å². The van der Waals surface area contributed by atoms with Gasteiger partial charge in [-0.25, -0.2) is 19.9 Å². The predicted octanol–water partition coefficient (Wildman–Crippen LogP) is 3.37. The number of alkyl halides is 6. The number of carbonyl (C=O) groups is 1. The van der Waals surface area contributed by atoms with Gasteiger partial charge < -0.3 is 10.6 Å². The van der Waals surface area contributed by atoms with E-state index in [1.54, 1.807) is 0 Å². The fourth-order valence-electron chi connectivity index (χ4n) is 4.65. The van der Waals surface area contributed by atoms with Gasteiger partial charge in [-0.1, -0.05) is 0 Å². The second-order valence-electron chi connectivity index (χ2n) is 9.53. The van der Waals surface area contributed by atoms with Gasteiger partial charge in [0.15, 0.2) is 0 Å². The summed E-state index contributed by atoms with van der Waals surface area (Å²) >= 11 is 0. The summed E-state index contributed by atoms with van der Waals surface area (Å²) in [7, 11) is 0. The van der Waals surface area contributed by atoms with E-state index in [2.05, 4.69) is 30.6 Å². The Hall–Kier alpha value is -3.07. The van der Waals surface area contributed by atoms with E-state index in [0.29, 0.717) is 63.5 Å². The van der Waals surface area contributed by atoms with E-state index in [-0.39, 0.29) is 23.5 Å². The molecule has 4 rings (SSSR count). The van der Waals surface area contributed by atoms with Gasteiger partial charge in [0.05, 0.1) is 13.1 Å². The molecule has 0 aliphatic carbocycles. The first-order valence-corrected chi connectivity index (χ1v) is 12.2. The predicted molar refractivity (Wildman–Crippen MR) is 126 cm³/mol. The van der Waals surface area contributed by atoms with E-state index in [1.165, 1.54) is 34.6 Å². The molecule has 9 nitrogen and oxygen atoms in total. The third kappa shape index (κ3) is 8.48. The molecule has 0 aromatic carbocycles. The van der Waals surface area contributed by atoms with Gasteiger partial charge >= 0.3 is 12.4 Å². The maximum absolute atomic E-state index is 13.0. The second-order valence-corrected chi connectivity index (χ2v) is 9.53. The molecule has 0 amide bonds. The quantitative estimate of drug-likeness (QED) is 0.382. The van der Waals surface area contributed by atoms with Crippen LogP contribution in [-0.2, 0) is 0 Å². The van der Waals surface area contributed by atoms with Gasteiger partial charge in [-0.2, -0.15) is 26.3 Å². The average molecular weight is 547 g/mol. The molecule has 2 fully saturated rings. The summed E-state index contributed by atoms with van der Waals surface area (Å²) in [5.41, 5.74) is 0.171. The van der Waals surface area contributed by atoms with Crippen LogP contribution in [0.1, 0.15) is 41.9 Å². The van der Waals surface area contributed by atoms with Gasteiger partial charge in [0.2, 0.25) is 5.78 Å². The van der Waals surface area contributed by atoms with Crippen LogP contribution in [0.5, 0.6) is 0 Å². The van der Waals surface area contributed by atoms with Crippen LogP contribution in [0, 0.1) is 0 Å². The lowest BCUT2D eigenvalue weighted by atomic mass is 10.0. The van der Waals surface area contributed by atoms with Crippen LogP contribution in [0.15, 0.2) is 24.8 Å². The molecule has 2 aromatic rings. The number of nitrogens with zero attached hydrogens (tertiary/aromatic N) is 6. The Morgan fingerprint density at radius 1 is 0.711 bits per heavy atom. The highest BCUT2D eigenvalue weighted by atomic mass is 19.4. The first kappa shape index (κ1) is 28.0. The lowest BCUT2D eigenvalue weighted by Gasteiger charge is -2.33. The van der Waals surface area contributed by atoms with Crippen molar-refractivity contribution >= 4 is 17.4 Å². The molecule has 0 bridgehead atoms. The maximum atomic E-state index is 13.0. The molecule has 15 heteroatoms. The molecular weight excluding hydrogens is 518 g/mol. The number of hydrogen-bond donors (Lipinski definition) is 2. The summed E-state index contributed by atoms with van der Waals surface area (Å²) in [6, 6.07) is 2.76. The zero-order valence-electron chi connectivity index (χ0n) is 20.4. The fraction of sp³-hybridized carbons (Fsp3) is 0.609.